The number of carbonyl (C=O) groups is 3. The average Bonchev–Trinajstić information content (AvgIpc) is 3.37. The van der Waals surface area contributed by atoms with Crippen LogP contribution in [0.3, 0.4) is 0 Å². The maximum absolute atomic E-state index is 13.2. The zero-order chi connectivity index (χ0) is 19.7. The third kappa shape index (κ3) is 3.63. The van der Waals surface area contributed by atoms with E-state index in [0.29, 0.717) is 35.3 Å². The number of carbonyl (C=O) groups excluding carboxylic acids is 3. The Kier molecular flexibility index (Phi) is 4.86. The number of fused-ring (bicyclic) bond motifs is 1. The Morgan fingerprint density at radius 2 is 1.93 bits per heavy atom. The molecule has 2 aromatic rings. The van der Waals surface area contributed by atoms with Gasteiger partial charge in [-0.05, 0) is 29.9 Å². The van der Waals surface area contributed by atoms with Crippen molar-refractivity contribution in [2.45, 2.75) is 18.8 Å². The summed E-state index contributed by atoms with van der Waals surface area (Å²) in [5, 5.41) is 2.58. The summed E-state index contributed by atoms with van der Waals surface area (Å²) in [6.45, 7) is 0.467. The van der Waals surface area contributed by atoms with Crippen LogP contribution < -0.4 is 10.1 Å². The van der Waals surface area contributed by atoms with Gasteiger partial charge >= 0.3 is 5.97 Å². The molecule has 1 saturated carbocycles. The summed E-state index contributed by atoms with van der Waals surface area (Å²) in [5.41, 5.74) is 2.31. The molecule has 0 bridgehead atoms. The fraction of sp³-hybridized carbons (Fsp3) is 0.318. The maximum Gasteiger partial charge on any atom is 0.315 e. The summed E-state index contributed by atoms with van der Waals surface area (Å²) >= 11 is 0. The third-order valence-corrected chi connectivity index (χ3v) is 5.38. The predicted molar refractivity (Wildman–Crippen MR) is 103 cm³/mol. The van der Waals surface area contributed by atoms with Crippen LogP contribution in [0.2, 0.25) is 0 Å². The second-order valence-corrected chi connectivity index (χ2v) is 7.32. The molecular weight excluding hydrogens is 356 g/mol. The van der Waals surface area contributed by atoms with Gasteiger partial charge < -0.3 is 15.0 Å². The number of rotatable bonds is 6. The molecular formula is C22H22N2O4. The Hall–Kier alpha value is -3.15. The van der Waals surface area contributed by atoms with Crippen molar-refractivity contribution >= 4 is 17.8 Å². The second kappa shape index (κ2) is 7.46. The minimum absolute atomic E-state index is 0.0229. The van der Waals surface area contributed by atoms with E-state index in [2.05, 4.69) is 17.4 Å². The van der Waals surface area contributed by atoms with Crippen molar-refractivity contribution in [2.24, 2.45) is 5.92 Å². The van der Waals surface area contributed by atoms with Gasteiger partial charge in [-0.1, -0.05) is 42.5 Å². The molecule has 2 amide bonds. The fourth-order valence-corrected chi connectivity index (χ4v) is 3.80. The lowest BCUT2D eigenvalue weighted by Gasteiger charge is -2.23. The molecule has 1 aliphatic heterocycles. The molecule has 6 nitrogen and oxygen atoms in total. The number of nitrogens with one attached hydrogen (secondary N) is 1. The molecule has 0 radical (unpaired) electrons. The van der Waals surface area contributed by atoms with Crippen LogP contribution in [-0.2, 0) is 16.0 Å². The Morgan fingerprint density at radius 3 is 2.68 bits per heavy atom. The number of ether oxygens (including phenoxy) is 1. The van der Waals surface area contributed by atoms with Crippen molar-refractivity contribution in [1.82, 2.24) is 10.2 Å². The van der Waals surface area contributed by atoms with Gasteiger partial charge in [0, 0.05) is 19.2 Å². The Morgan fingerprint density at radius 1 is 1.14 bits per heavy atom. The SMILES string of the molecule is CNC(=O)CN(C[C@@H]1C[C@H]1c1ccccc1)C(=O)c1cccc2c1OC(=O)C2. The summed E-state index contributed by atoms with van der Waals surface area (Å²) in [5.74, 6) is 0.175. The molecule has 2 aromatic carbocycles. The fourth-order valence-electron chi connectivity index (χ4n) is 3.80. The van der Waals surface area contributed by atoms with Gasteiger partial charge in [-0.2, -0.15) is 0 Å². The molecule has 6 heteroatoms. The van der Waals surface area contributed by atoms with Crippen molar-refractivity contribution < 1.29 is 19.1 Å². The Bertz CT molecular complexity index is 925. The van der Waals surface area contributed by atoms with E-state index in [1.165, 1.54) is 5.56 Å². The molecule has 1 heterocycles. The van der Waals surface area contributed by atoms with E-state index < -0.39 is 0 Å². The molecule has 1 fully saturated rings. The first-order chi connectivity index (χ1) is 13.6. The van der Waals surface area contributed by atoms with E-state index in [1.807, 2.05) is 18.2 Å². The van der Waals surface area contributed by atoms with Crippen molar-refractivity contribution in [3.63, 3.8) is 0 Å². The molecule has 1 aliphatic carbocycles. The van der Waals surface area contributed by atoms with Crippen LogP contribution in [0.4, 0.5) is 0 Å². The van der Waals surface area contributed by atoms with Crippen molar-refractivity contribution in [3.8, 4) is 5.75 Å². The van der Waals surface area contributed by atoms with Gasteiger partial charge in [0.25, 0.3) is 5.91 Å². The molecule has 0 unspecified atom stereocenters. The van der Waals surface area contributed by atoms with Crippen LogP contribution >= 0.6 is 0 Å². The van der Waals surface area contributed by atoms with Crippen LogP contribution in [0, 0.1) is 5.92 Å². The highest BCUT2D eigenvalue weighted by Crippen LogP contribution is 2.48. The van der Waals surface area contributed by atoms with Crippen LogP contribution in [0.5, 0.6) is 5.75 Å². The van der Waals surface area contributed by atoms with Gasteiger partial charge in [0.1, 0.15) is 5.75 Å². The number of esters is 1. The van der Waals surface area contributed by atoms with Gasteiger partial charge in [0.05, 0.1) is 18.5 Å². The lowest BCUT2D eigenvalue weighted by Crippen LogP contribution is -2.41. The van der Waals surface area contributed by atoms with E-state index in [1.54, 1.807) is 30.1 Å². The highest BCUT2D eigenvalue weighted by Gasteiger charge is 2.41. The number of nitrogens with zero attached hydrogens (tertiary/aromatic N) is 1. The molecule has 0 spiro atoms. The first-order valence-electron chi connectivity index (χ1n) is 9.44. The molecule has 28 heavy (non-hydrogen) atoms. The van der Waals surface area contributed by atoms with Crippen molar-refractivity contribution in [3.05, 3.63) is 65.2 Å². The van der Waals surface area contributed by atoms with Crippen molar-refractivity contribution in [2.75, 3.05) is 20.1 Å². The number of para-hydroxylation sites is 1. The summed E-state index contributed by atoms with van der Waals surface area (Å²) in [7, 11) is 1.55. The lowest BCUT2D eigenvalue weighted by molar-refractivity contribution is -0.132. The normalized spacial score (nSPS) is 19.5. The summed E-state index contributed by atoms with van der Waals surface area (Å²) in [6, 6.07) is 15.4. The smallest absolute Gasteiger partial charge is 0.315 e. The lowest BCUT2D eigenvalue weighted by atomic mass is 10.1. The summed E-state index contributed by atoms with van der Waals surface area (Å²) < 4.78 is 5.26. The number of hydrogen-bond donors (Lipinski definition) is 1. The van der Waals surface area contributed by atoms with Crippen LogP contribution in [0.1, 0.15) is 33.8 Å². The monoisotopic (exact) mass is 378 g/mol. The second-order valence-electron chi connectivity index (χ2n) is 7.32. The largest absolute Gasteiger partial charge is 0.425 e. The van der Waals surface area contributed by atoms with Gasteiger partial charge in [0.2, 0.25) is 5.91 Å². The van der Waals surface area contributed by atoms with E-state index in [-0.39, 0.29) is 30.7 Å². The predicted octanol–water partition coefficient (Wildman–Crippen LogP) is 2.14. The summed E-state index contributed by atoms with van der Waals surface area (Å²) in [4.78, 5) is 38.4. The van der Waals surface area contributed by atoms with Crippen LogP contribution in [0.15, 0.2) is 48.5 Å². The molecule has 2 aliphatic rings. The van der Waals surface area contributed by atoms with Gasteiger partial charge in [-0.25, -0.2) is 0 Å². The summed E-state index contributed by atoms with van der Waals surface area (Å²) in [6.07, 6.45) is 1.16. The molecule has 0 aromatic heterocycles. The number of benzene rings is 2. The highest BCUT2D eigenvalue weighted by molar-refractivity contribution is 6.01. The number of likely N-dealkylation sites (N-methyl/N-ethyl adjacent to an activating group) is 1. The number of amides is 2. The molecule has 1 N–H and O–H groups in total. The first kappa shape index (κ1) is 18.2. The van der Waals surface area contributed by atoms with E-state index in [4.69, 9.17) is 4.74 Å². The molecule has 0 saturated heterocycles. The Labute approximate surface area is 163 Å². The average molecular weight is 378 g/mol. The maximum atomic E-state index is 13.2. The zero-order valence-electron chi connectivity index (χ0n) is 15.7. The van der Waals surface area contributed by atoms with Crippen molar-refractivity contribution in [1.29, 1.82) is 0 Å². The molecule has 144 valence electrons. The standard InChI is InChI=1S/C22H22N2O4/c1-23-19(25)13-24(12-16-10-18(16)14-6-3-2-4-7-14)22(27)17-9-5-8-15-11-20(26)28-21(15)17/h2-9,16,18H,10-13H2,1H3,(H,23,25)/t16-,18-/m0/s1. The molecule has 2 atom stereocenters. The third-order valence-electron chi connectivity index (χ3n) is 5.38. The minimum Gasteiger partial charge on any atom is -0.425 e. The van der Waals surface area contributed by atoms with Crippen LogP contribution in [-0.4, -0.2) is 42.8 Å². The topological polar surface area (TPSA) is 75.7 Å². The molecule has 4 rings (SSSR count). The zero-order valence-corrected chi connectivity index (χ0v) is 15.7. The van der Waals surface area contributed by atoms with Gasteiger partial charge in [-0.3, -0.25) is 14.4 Å². The van der Waals surface area contributed by atoms with Crippen LogP contribution in [0.25, 0.3) is 0 Å². The van der Waals surface area contributed by atoms with E-state index in [0.717, 1.165) is 6.42 Å². The Balaban J connectivity index is 1.54. The number of hydrogen-bond acceptors (Lipinski definition) is 4. The quantitative estimate of drug-likeness (QED) is 0.617. The van der Waals surface area contributed by atoms with E-state index >= 15 is 0 Å². The highest BCUT2D eigenvalue weighted by atomic mass is 16.5. The minimum atomic E-state index is -0.362. The van der Waals surface area contributed by atoms with E-state index in [9.17, 15) is 14.4 Å². The van der Waals surface area contributed by atoms with Gasteiger partial charge in [0.15, 0.2) is 0 Å². The van der Waals surface area contributed by atoms with Gasteiger partial charge in [-0.15, -0.1) is 0 Å². The first-order valence-corrected chi connectivity index (χ1v) is 9.44.